The molecule has 1 aromatic rings. The quantitative estimate of drug-likeness (QED) is 0.766. The zero-order valence-corrected chi connectivity index (χ0v) is 7.63. The Bertz CT molecular complexity index is 298. The van der Waals surface area contributed by atoms with E-state index in [0.717, 1.165) is 11.1 Å². The maximum Gasteiger partial charge on any atom is 0.341 e. The fraction of sp³-hybridized carbons (Fsp3) is 0.300. The number of benzene rings is 1. The van der Waals surface area contributed by atoms with Gasteiger partial charge in [0.25, 0.3) is 0 Å². The summed E-state index contributed by atoms with van der Waals surface area (Å²) in [5.74, 6) is -0.326. The summed E-state index contributed by atoms with van der Waals surface area (Å²) in [6.07, 6.45) is 0. The number of carboxylic acids is 1. The largest absolute Gasteiger partial charge is 0.481 e. The molecule has 3 nitrogen and oxygen atoms in total. The van der Waals surface area contributed by atoms with Crippen LogP contribution in [0, 0.1) is 19.9 Å². The van der Waals surface area contributed by atoms with Crippen LogP contribution in [0.3, 0.4) is 0 Å². The average molecular weight is 179 g/mol. The van der Waals surface area contributed by atoms with E-state index < -0.39 is 5.97 Å². The minimum atomic E-state index is -0.966. The van der Waals surface area contributed by atoms with Crippen LogP contribution in [0.4, 0.5) is 0 Å². The van der Waals surface area contributed by atoms with Gasteiger partial charge in [-0.15, -0.1) is 0 Å². The summed E-state index contributed by atoms with van der Waals surface area (Å²) in [7, 11) is 0. The second-order valence-corrected chi connectivity index (χ2v) is 2.83. The monoisotopic (exact) mass is 179 g/mol. The van der Waals surface area contributed by atoms with Gasteiger partial charge in [0, 0.05) is 0 Å². The Morgan fingerprint density at radius 3 is 2.46 bits per heavy atom. The molecule has 1 aromatic carbocycles. The fourth-order valence-corrected chi connectivity index (χ4v) is 1.10. The Kier molecular flexibility index (Phi) is 2.90. The van der Waals surface area contributed by atoms with Crippen molar-refractivity contribution in [1.82, 2.24) is 0 Å². The molecule has 0 spiro atoms. The summed E-state index contributed by atoms with van der Waals surface area (Å²) in [6.45, 7) is 3.42. The second-order valence-electron chi connectivity index (χ2n) is 2.83. The van der Waals surface area contributed by atoms with Gasteiger partial charge in [-0.25, -0.2) is 4.79 Å². The van der Waals surface area contributed by atoms with Crippen molar-refractivity contribution >= 4 is 5.97 Å². The van der Waals surface area contributed by atoms with Crippen molar-refractivity contribution in [1.29, 1.82) is 0 Å². The van der Waals surface area contributed by atoms with Crippen LogP contribution in [-0.4, -0.2) is 17.7 Å². The zero-order valence-electron chi connectivity index (χ0n) is 7.63. The number of rotatable bonds is 3. The maximum absolute atomic E-state index is 10.3. The Morgan fingerprint density at radius 2 is 2.00 bits per heavy atom. The molecule has 0 amide bonds. The summed E-state index contributed by atoms with van der Waals surface area (Å²) in [6, 6.07) is 6.47. The minimum Gasteiger partial charge on any atom is -0.481 e. The minimum absolute atomic E-state index is 0.300. The van der Waals surface area contributed by atoms with E-state index in [4.69, 9.17) is 9.84 Å². The first kappa shape index (κ1) is 9.58. The lowest BCUT2D eigenvalue weighted by atomic mass is 10.1. The lowest BCUT2D eigenvalue weighted by molar-refractivity contribution is -0.139. The standard InChI is InChI=1S/C10H11O3/c1-7-4-3-5-8(2)10(7)13-6-9(11)12/h4-5H,6H2,1-2H3,(H,11,12). The Balaban J connectivity index is 2.81. The molecule has 0 bridgehead atoms. The van der Waals surface area contributed by atoms with E-state index in [1.165, 1.54) is 0 Å². The summed E-state index contributed by atoms with van der Waals surface area (Å²) in [5.41, 5.74) is 1.81. The molecule has 0 heterocycles. The molecule has 1 radical (unpaired) electrons. The molecule has 0 saturated heterocycles. The highest BCUT2D eigenvalue weighted by Crippen LogP contribution is 2.21. The molecule has 69 valence electrons. The van der Waals surface area contributed by atoms with E-state index in [-0.39, 0.29) is 6.61 Å². The predicted octanol–water partition coefficient (Wildman–Crippen LogP) is 1.57. The Labute approximate surface area is 77.0 Å². The van der Waals surface area contributed by atoms with Gasteiger partial charge in [-0.05, 0) is 43.2 Å². The smallest absolute Gasteiger partial charge is 0.341 e. The molecule has 0 fully saturated rings. The van der Waals surface area contributed by atoms with E-state index in [1.54, 1.807) is 12.1 Å². The topological polar surface area (TPSA) is 46.5 Å². The molecule has 0 aliphatic heterocycles. The molecule has 1 rings (SSSR count). The normalized spacial score (nSPS) is 9.69. The van der Waals surface area contributed by atoms with E-state index in [1.807, 2.05) is 13.8 Å². The van der Waals surface area contributed by atoms with Crippen LogP contribution < -0.4 is 4.74 Å². The van der Waals surface area contributed by atoms with Gasteiger partial charge in [0.05, 0.1) is 0 Å². The number of aliphatic carboxylic acids is 1. The fourth-order valence-electron chi connectivity index (χ4n) is 1.10. The van der Waals surface area contributed by atoms with E-state index >= 15 is 0 Å². The highest BCUT2D eigenvalue weighted by molar-refractivity contribution is 5.68. The maximum atomic E-state index is 10.3. The number of hydrogen-bond acceptors (Lipinski definition) is 2. The Morgan fingerprint density at radius 1 is 1.46 bits per heavy atom. The van der Waals surface area contributed by atoms with Crippen LogP contribution >= 0.6 is 0 Å². The number of ether oxygens (including phenoxy) is 1. The third-order valence-corrected chi connectivity index (χ3v) is 1.66. The molecular weight excluding hydrogens is 168 g/mol. The van der Waals surface area contributed by atoms with Crippen molar-refractivity contribution in [3.05, 3.63) is 29.3 Å². The average Bonchev–Trinajstić information content (AvgIpc) is 2.03. The first-order chi connectivity index (χ1) is 6.11. The van der Waals surface area contributed by atoms with Gasteiger partial charge in [0.2, 0.25) is 0 Å². The third-order valence-electron chi connectivity index (χ3n) is 1.66. The summed E-state index contributed by atoms with van der Waals surface area (Å²) >= 11 is 0. The molecule has 0 aliphatic rings. The highest BCUT2D eigenvalue weighted by atomic mass is 16.5. The molecule has 0 saturated carbocycles. The van der Waals surface area contributed by atoms with Gasteiger partial charge in [0.15, 0.2) is 6.61 Å². The van der Waals surface area contributed by atoms with Gasteiger partial charge in [-0.1, -0.05) is 0 Å². The summed E-state index contributed by atoms with van der Waals surface area (Å²) < 4.78 is 5.11. The van der Waals surface area contributed by atoms with Crippen molar-refractivity contribution in [2.45, 2.75) is 13.8 Å². The van der Waals surface area contributed by atoms with Crippen molar-refractivity contribution in [2.75, 3.05) is 6.61 Å². The first-order valence-electron chi connectivity index (χ1n) is 3.93. The predicted molar refractivity (Wildman–Crippen MR) is 47.9 cm³/mol. The lowest BCUT2D eigenvalue weighted by Crippen LogP contribution is -2.10. The van der Waals surface area contributed by atoms with Gasteiger partial charge in [-0.2, -0.15) is 0 Å². The van der Waals surface area contributed by atoms with Crippen LogP contribution in [0.5, 0.6) is 5.75 Å². The van der Waals surface area contributed by atoms with Crippen molar-refractivity contribution in [2.24, 2.45) is 0 Å². The molecule has 0 atom stereocenters. The second kappa shape index (κ2) is 3.94. The van der Waals surface area contributed by atoms with Crippen molar-refractivity contribution < 1.29 is 14.6 Å². The summed E-state index contributed by atoms with van der Waals surface area (Å²) in [5, 5.41) is 8.42. The van der Waals surface area contributed by atoms with Gasteiger partial charge < -0.3 is 9.84 Å². The third kappa shape index (κ3) is 2.47. The SMILES string of the molecule is Cc1c[c]cc(C)c1OCC(=O)O. The van der Waals surface area contributed by atoms with E-state index in [9.17, 15) is 4.79 Å². The number of aryl methyl sites for hydroxylation is 2. The molecule has 0 unspecified atom stereocenters. The van der Waals surface area contributed by atoms with Crippen molar-refractivity contribution in [3.8, 4) is 5.75 Å². The zero-order chi connectivity index (χ0) is 9.84. The number of carboxylic acid groups (broad SMARTS) is 1. The van der Waals surface area contributed by atoms with Crippen LogP contribution in [-0.2, 0) is 4.79 Å². The molecule has 0 aromatic heterocycles. The van der Waals surface area contributed by atoms with Crippen molar-refractivity contribution in [3.63, 3.8) is 0 Å². The number of carbonyl (C=O) groups is 1. The first-order valence-corrected chi connectivity index (χ1v) is 3.93. The summed E-state index contributed by atoms with van der Waals surface area (Å²) in [4.78, 5) is 10.3. The van der Waals surface area contributed by atoms with E-state index in [2.05, 4.69) is 6.07 Å². The number of hydrogen-bond donors (Lipinski definition) is 1. The highest BCUT2D eigenvalue weighted by Gasteiger charge is 2.04. The van der Waals surface area contributed by atoms with Crippen LogP contribution in [0.1, 0.15) is 11.1 Å². The molecular formula is C10H11O3. The lowest BCUT2D eigenvalue weighted by Gasteiger charge is -2.08. The molecule has 1 N–H and O–H groups in total. The molecule has 13 heavy (non-hydrogen) atoms. The molecule has 3 heteroatoms. The van der Waals surface area contributed by atoms with E-state index in [0.29, 0.717) is 5.75 Å². The molecule has 0 aliphatic carbocycles. The van der Waals surface area contributed by atoms with Gasteiger partial charge >= 0.3 is 5.97 Å². The Hall–Kier alpha value is -1.51. The van der Waals surface area contributed by atoms with Gasteiger partial charge in [0.1, 0.15) is 5.75 Å². The van der Waals surface area contributed by atoms with Crippen LogP contribution in [0.15, 0.2) is 12.1 Å². The van der Waals surface area contributed by atoms with Crippen LogP contribution in [0.25, 0.3) is 0 Å². The van der Waals surface area contributed by atoms with Gasteiger partial charge in [-0.3, -0.25) is 0 Å². The van der Waals surface area contributed by atoms with Crippen LogP contribution in [0.2, 0.25) is 0 Å².